The number of carbonyl (C=O) groups is 1. The van der Waals surface area contributed by atoms with Crippen molar-refractivity contribution in [1.29, 1.82) is 0 Å². The summed E-state index contributed by atoms with van der Waals surface area (Å²) in [4.78, 5) is 11.8. The van der Waals surface area contributed by atoms with Crippen molar-refractivity contribution in [1.82, 2.24) is 5.16 Å². The molecule has 0 N–H and O–H groups in total. The van der Waals surface area contributed by atoms with E-state index in [4.69, 9.17) is 9.26 Å². The molecule has 0 saturated carbocycles. The molecule has 4 aromatic rings. The molecule has 9 nitrogen and oxygen atoms in total. The molecule has 43 heavy (non-hydrogen) atoms. The summed E-state index contributed by atoms with van der Waals surface area (Å²) in [5, 5.41) is 4.04. The number of aryl methyl sites for hydroxylation is 1. The van der Waals surface area contributed by atoms with Crippen LogP contribution in [0.3, 0.4) is 0 Å². The third-order valence-electron chi connectivity index (χ3n) is 6.52. The molecule has 13 heteroatoms. The number of ether oxygens (including phenoxy) is 3. The van der Waals surface area contributed by atoms with Crippen LogP contribution in [0.25, 0.3) is 11.3 Å². The van der Waals surface area contributed by atoms with Gasteiger partial charge in [0.1, 0.15) is 29.6 Å². The highest BCUT2D eigenvalue weighted by atomic mass is 32.2. The lowest BCUT2D eigenvalue weighted by Crippen LogP contribution is -2.27. The van der Waals surface area contributed by atoms with Crippen molar-refractivity contribution >= 4 is 21.7 Å². The predicted molar refractivity (Wildman–Crippen MR) is 152 cm³/mol. The molecule has 0 unspecified atom stereocenters. The molecule has 0 atom stereocenters. The highest BCUT2D eigenvalue weighted by molar-refractivity contribution is 7.92. The molecule has 0 aliphatic carbocycles. The second-order valence-corrected chi connectivity index (χ2v) is 11.8. The van der Waals surface area contributed by atoms with Crippen LogP contribution in [0.2, 0.25) is 0 Å². The second-order valence-electron chi connectivity index (χ2n) is 9.80. The van der Waals surface area contributed by atoms with Crippen molar-refractivity contribution in [3.63, 3.8) is 0 Å². The van der Waals surface area contributed by atoms with E-state index in [0.29, 0.717) is 28.3 Å². The van der Waals surface area contributed by atoms with E-state index in [-0.39, 0.29) is 34.2 Å². The molecule has 228 valence electrons. The number of nitrogens with zero attached hydrogens (tertiary/aromatic N) is 2. The van der Waals surface area contributed by atoms with Crippen LogP contribution in [-0.2, 0) is 21.4 Å². The fraction of sp³-hybridized carbons (Fsp3) is 0.267. The third kappa shape index (κ3) is 6.94. The summed E-state index contributed by atoms with van der Waals surface area (Å²) in [5.41, 5.74) is 1.70. The summed E-state index contributed by atoms with van der Waals surface area (Å²) >= 11 is 0. The first-order valence-electron chi connectivity index (χ1n) is 13.0. The van der Waals surface area contributed by atoms with E-state index in [0.717, 1.165) is 4.31 Å². The van der Waals surface area contributed by atoms with Crippen molar-refractivity contribution in [2.24, 2.45) is 0 Å². The molecular formula is C30H29F3N2O7S. The minimum atomic E-state index is -4.90. The van der Waals surface area contributed by atoms with Crippen molar-refractivity contribution in [2.45, 2.75) is 44.6 Å². The first-order chi connectivity index (χ1) is 20.2. The van der Waals surface area contributed by atoms with Crippen LogP contribution in [-0.4, -0.2) is 40.1 Å². The van der Waals surface area contributed by atoms with Gasteiger partial charge in [-0.15, -0.1) is 13.2 Å². The van der Waals surface area contributed by atoms with E-state index < -0.39 is 28.1 Å². The molecule has 0 fully saturated rings. The van der Waals surface area contributed by atoms with Gasteiger partial charge in [0.15, 0.2) is 0 Å². The van der Waals surface area contributed by atoms with Crippen LogP contribution in [0.5, 0.6) is 11.5 Å². The van der Waals surface area contributed by atoms with Gasteiger partial charge in [-0.1, -0.05) is 37.2 Å². The maximum Gasteiger partial charge on any atom is 0.573 e. The van der Waals surface area contributed by atoms with Gasteiger partial charge in [-0.3, -0.25) is 4.31 Å². The zero-order valence-electron chi connectivity index (χ0n) is 23.9. The van der Waals surface area contributed by atoms with Gasteiger partial charge >= 0.3 is 12.3 Å². The number of para-hydroxylation sites is 1. The third-order valence-corrected chi connectivity index (χ3v) is 8.28. The van der Waals surface area contributed by atoms with Crippen molar-refractivity contribution < 1.29 is 45.1 Å². The lowest BCUT2D eigenvalue weighted by atomic mass is 10.0. The first kappa shape index (κ1) is 31.4. The van der Waals surface area contributed by atoms with Gasteiger partial charge < -0.3 is 18.7 Å². The summed E-state index contributed by atoms with van der Waals surface area (Å²) in [6.45, 7) is 5.30. The average Bonchev–Trinajstić information content (AvgIpc) is 3.39. The number of esters is 1. The number of carbonyl (C=O) groups excluding carboxylic acids is 1. The van der Waals surface area contributed by atoms with Gasteiger partial charge in [0.25, 0.3) is 10.0 Å². The summed E-state index contributed by atoms with van der Waals surface area (Å²) in [7, 11) is -1.44. The van der Waals surface area contributed by atoms with Gasteiger partial charge in [0, 0.05) is 18.5 Å². The minimum absolute atomic E-state index is 0.0868. The number of anilines is 1. The Morgan fingerprint density at radius 1 is 1.05 bits per heavy atom. The van der Waals surface area contributed by atoms with E-state index in [2.05, 4.69) is 14.6 Å². The molecule has 4 rings (SSSR count). The Labute approximate surface area is 246 Å². The summed E-state index contributed by atoms with van der Waals surface area (Å²) in [6.07, 6.45) is -4.90. The maximum absolute atomic E-state index is 13.3. The zero-order chi connectivity index (χ0) is 31.5. The number of alkyl halides is 3. The number of hydrogen-bond acceptors (Lipinski definition) is 8. The molecule has 0 amide bonds. The minimum Gasteiger partial charge on any atom is -0.489 e. The lowest BCUT2D eigenvalue weighted by Gasteiger charge is -2.22. The average molecular weight is 619 g/mol. The quantitative estimate of drug-likeness (QED) is 0.177. The molecular weight excluding hydrogens is 589 g/mol. The summed E-state index contributed by atoms with van der Waals surface area (Å²) in [6, 6.07) is 15.9. The molecule has 0 saturated heterocycles. The summed E-state index contributed by atoms with van der Waals surface area (Å²) in [5.74, 6) is -0.436. The number of halogens is 3. The zero-order valence-corrected chi connectivity index (χ0v) is 24.7. The Kier molecular flexibility index (Phi) is 9.04. The van der Waals surface area contributed by atoms with E-state index in [1.807, 2.05) is 13.8 Å². The Balaban J connectivity index is 1.60. The van der Waals surface area contributed by atoms with Crippen LogP contribution in [0.4, 0.5) is 18.9 Å². The Morgan fingerprint density at radius 3 is 2.42 bits per heavy atom. The predicted octanol–water partition coefficient (Wildman–Crippen LogP) is 6.86. The fourth-order valence-electron chi connectivity index (χ4n) is 4.42. The SMILES string of the molecule is COC(=O)c1cccc(S(=O)(=O)N(C)c2ccc(OCc3c(-c4ccccc4OC(F)(F)F)noc3C(C)C)cc2C)c1. The Morgan fingerprint density at radius 2 is 1.77 bits per heavy atom. The molecule has 1 aromatic heterocycles. The van der Waals surface area contributed by atoms with E-state index in [1.54, 1.807) is 31.2 Å². The van der Waals surface area contributed by atoms with E-state index >= 15 is 0 Å². The standard InChI is InChI=1S/C30H29F3N2O7S/c1-18(2)28-24(27(34-42-28)23-11-6-7-12-26(23)41-30(31,32)33)17-40-21-13-14-25(19(3)15-21)35(4)43(37,38)22-10-8-9-20(16-22)29(36)39-5/h6-16,18H,17H2,1-5H3. The topological polar surface area (TPSA) is 108 Å². The van der Waals surface area contributed by atoms with Crippen LogP contribution < -0.4 is 13.8 Å². The Bertz CT molecular complexity index is 1730. The van der Waals surface area contributed by atoms with Gasteiger partial charge in [-0.2, -0.15) is 0 Å². The molecule has 3 aromatic carbocycles. The van der Waals surface area contributed by atoms with Crippen LogP contribution >= 0.6 is 0 Å². The number of methoxy groups -OCH3 is 1. The molecule has 0 bridgehead atoms. The van der Waals surface area contributed by atoms with Crippen molar-refractivity contribution in [3.8, 4) is 22.8 Å². The van der Waals surface area contributed by atoms with Gasteiger partial charge in [-0.05, 0) is 61.0 Å². The van der Waals surface area contributed by atoms with Gasteiger partial charge in [0.05, 0.1) is 28.8 Å². The van der Waals surface area contributed by atoms with Crippen LogP contribution in [0.15, 0.2) is 76.1 Å². The molecule has 1 heterocycles. The maximum atomic E-state index is 13.3. The van der Waals surface area contributed by atoms with E-state index in [1.165, 1.54) is 56.6 Å². The highest BCUT2D eigenvalue weighted by Crippen LogP contribution is 2.38. The van der Waals surface area contributed by atoms with Crippen molar-refractivity contribution in [3.05, 3.63) is 89.2 Å². The van der Waals surface area contributed by atoms with Gasteiger partial charge in [-0.25, -0.2) is 13.2 Å². The normalized spacial score (nSPS) is 11.8. The molecule has 0 aliphatic rings. The number of hydrogen-bond donors (Lipinski definition) is 0. The second kappa shape index (κ2) is 12.4. The smallest absolute Gasteiger partial charge is 0.489 e. The Hall–Kier alpha value is -4.52. The molecule has 0 aliphatic heterocycles. The van der Waals surface area contributed by atoms with Gasteiger partial charge in [0.2, 0.25) is 0 Å². The number of sulfonamides is 1. The monoisotopic (exact) mass is 618 g/mol. The number of benzene rings is 3. The first-order valence-corrected chi connectivity index (χ1v) is 14.4. The van der Waals surface area contributed by atoms with Crippen LogP contribution in [0.1, 0.15) is 47.0 Å². The van der Waals surface area contributed by atoms with Crippen LogP contribution in [0, 0.1) is 6.92 Å². The molecule has 0 radical (unpaired) electrons. The fourth-order valence-corrected chi connectivity index (χ4v) is 5.72. The number of rotatable bonds is 10. The van der Waals surface area contributed by atoms with Crippen molar-refractivity contribution in [2.75, 3.05) is 18.5 Å². The molecule has 0 spiro atoms. The van der Waals surface area contributed by atoms with E-state index in [9.17, 15) is 26.4 Å². The summed E-state index contributed by atoms with van der Waals surface area (Å²) < 4.78 is 87.3. The highest BCUT2D eigenvalue weighted by Gasteiger charge is 2.33. The number of aromatic nitrogens is 1. The lowest BCUT2D eigenvalue weighted by molar-refractivity contribution is -0.274. The largest absolute Gasteiger partial charge is 0.573 e.